The summed E-state index contributed by atoms with van der Waals surface area (Å²) in [4.78, 5) is 50.3. The highest BCUT2D eigenvalue weighted by Crippen LogP contribution is 2.42. The molecule has 248 valence electrons. The molecule has 4 unspecified atom stereocenters. The van der Waals surface area contributed by atoms with E-state index in [1.54, 1.807) is 48.5 Å². The van der Waals surface area contributed by atoms with Crippen LogP contribution in [0, 0.1) is 0 Å². The average molecular weight is 649 g/mol. The summed E-state index contributed by atoms with van der Waals surface area (Å²) in [7, 11) is 0. The maximum absolute atomic E-state index is 12.6. The fourth-order valence-electron chi connectivity index (χ4n) is 7.66. The second kappa shape index (κ2) is 13.9. The molecule has 0 spiro atoms. The van der Waals surface area contributed by atoms with Gasteiger partial charge in [0.15, 0.2) is 0 Å². The third kappa shape index (κ3) is 6.10. The van der Waals surface area contributed by atoms with E-state index in [0.29, 0.717) is 47.9 Å². The monoisotopic (exact) mass is 648 g/mol. The van der Waals surface area contributed by atoms with Crippen LogP contribution >= 0.6 is 0 Å². The Balaban J connectivity index is 1.95. The zero-order valence-corrected chi connectivity index (χ0v) is 27.5. The van der Waals surface area contributed by atoms with Crippen molar-refractivity contribution in [3.8, 4) is 0 Å². The number of carboxylic acids is 4. The van der Waals surface area contributed by atoms with Gasteiger partial charge >= 0.3 is 23.9 Å². The van der Waals surface area contributed by atoms with Gasteiger partial charge in [-0.2, -0.15) is 0 Å². The Kier molecular flexibility index (Phi) is 9.85. The van der Waals surface area contributed by atoms with E-state index in [9.17, 15) is 39.6 Å². The van der Waals surface area contributed by atoms with Gasteiger partial charge in [-0.3, -0.25) is 0 Å². The first-order valence-corrected chi connectivity index (χ1v) is 16.4. The molecular weight excluding hydrogens is 608 g/mol. The van der Waals surface area contributed by atoms with E-state index in [1.807, 2.05) is 52.0 Å². The standard InChI is InChI=1S/C40H40O8/c1-5-25-21-9-13-30(38(43)44)34(17-21)27(7-3)23-11-15-32(40(47)48)36(19-23)28(8-4)24-12-16-31(39(45)46)35(20-24)26(6-2)22-10-14-29(37(41)42)33(25)18-22/h9-20,25-28H,5-8H2,1-4H3,(H,41,42)(H,43,44)(H,45,46)(H,47,48). The molecule has 5 rings (SSSR count). The predicted octanol–water partition coefficient (Wildman–Crippen LogP) is 8.96. The van der Waals surface area contributed by atoms with Crippen LogP contribution in [0.2, 0.25) is 0 Å². The molecule has 0 radical (unpaired) electrons. The molecule has 4 N–H and O–H groups in total. The Morgan fingerprint density at radius 2 is 0.583 bits per heavy atom. The van der Waals surface area contributed by atoms with Crippen molar-refractivity contribution in [1.29, 1.82) is 0 Å². The second-order valence-corrected chi connectivity index (χ2v) is 12.5. The fraction of sp³-hybridized carbons (Fsp3) is 0.300. The van der Waals surface area contributed by atoms with Crippen LogP contribution in [0.4, 0.5) is 0 Å². The highest BCUT2D eigenvalue weighted by Gasteiger charge is 2.30. The number of carbonyl (C=O) groups is 4. The molecule has 8 bridgehead atoms. The number of benzene rings is 4. The van der Waals surface area contributed by atoms with Crippen LogP contribution in [-0.2, 0) is 0 Å². The quantitative estimate of drug-likeness (QED) is 0.148. The van der Waals surface area contributed by atoms with E-state index in [4.69, 9.17) is 0 Å². The van der Waals surface area contributed by atoms with Crippen molar-refractivity contribution in [2.24, 2.45) is 0 Å². The number of hydrogen-bond acceptors (Lipinski definition) is 4. The van der Waals surface area contributed by atoms with Gasteiger partial charge in [0, 0.05) is 23.7 Å². The molecule has 0 aromatic heterocycles. The van der Waals surface area contributed by atoms with Gasteiger partial charge in [0.05, 0.1) is 22.3 Å². The van der Waals surface area contributed by atoms with Gasteiger partial charge in [0.25, 0.3) is 0 Å². The molecule has 0 amide bonds. The molecule has 0 fully saturated rings. The number of fused-ring (bicyclic) bond motifs is 8. The maximum Gasteiger partial charge on any atom is 0.335 e. The van der Waals surface area contributed by atoms with E-state index < -0.39 is 47.5 Å². The minimum atomic E-state index is -1.09. The molecule has 1 aliphatic rings. The molecule has 8 heteroatoms. The summed E-state index contributed by atoms with van der Waals surface area (Å²) in [6.45, 7) is 7.81. The van der Waals surface area contributed by atoms with E-state index >= 15 is 0 Å². The summed E-state index contributed by atoms with van der Waals surface area (Å²) in [6.07, 6.45) is 2.09. The topological polar surface area (TPSA) is 149 Å². The molecular formula is C40H40O8. The predicted molar refractivity (Wildman–Crippen MR) is 182 cm³/mol. The molecule has 0 saturated carbocycles. The van der Waals surface area contributed by atoms with Gasteiger partial charge in [0.1, 0.15) is 0 Å². The summed E-state index contributed by atoms with van der Waals surface area (Å²) < 4.78 is 0. The van der Waals surface area contributed by atoms with Crippen LogP contribution in [0.1, 0.15) is 163 Å². The van der Waals surface area contributed by atoms with Crippen molar-refractivity contribution in [3.63, 3.8) is 0 Å². The second-order valence-electron chi connectivity index (χ2n) is 12.5. The largest absolute Gasteiger partial charge is 0.478 e. The van der Waals surface area contributed by atoms with Crippen molar-refractivity contribution in [3.05, 3.63) is 140 Å². The normalized spacial score (nSPS) is 18.6. The minimum Gasteiger partial charge on any atom is -0.478 e. The van der Waals surface area contributed by atoms with Gasteiger partial charge in [-0.1, -0.05) is 76.2 Å². The molecule has 4 aromatic carbocycles. The zero-order valence-electron chi connectivity index (χ0n) is 27.5. The summed E-state index contributed by atoms with van der Waals surface area (Å²) >= 11 is 0. The molecule has 0 aliphatic heterocycles. The Morgan fingerprint density at radius 1 is 0.396 bits per heavy atom. The lowest BCUT2D eigenvalue weighted by molar-refractivity contribution is 0.0684. The van der Waals surface area contributed by atoms with Crippen LogP contribution in [0.25, 0.3) is 0 Å². The van der Waals surface area contributed by atoms with Crippen molar-refractivity contribution in [1.82, 2.24) is 0 Å². The van der Waals surface area contributed by atoms with Gasteiger partial charge in [0.2, 0.25) is 0 Å². The first-order chi connectivity index (χ1) is 22.9. The number of hydrogen-bond donors (Lipinski definition) is 4. The first kappa shape index (κ1) is 34.1. The van der Waals surface area contributed by atoms with E-state index in [1.165, 1.54) is 0 Å². The molecule has 4 aromatic rings. The van der Waals surface area contributed by atoms with E-state index in [0.717, 1.165) is 22.3 Å². The molecule has 0 saturated heterocycles. The van der Waals surface area contributed by atoms with Crippen LogP contribution in [0.15, 0.2) is 72.8 Å². The SMILES string of the molecule is CCC1c2ccc(C(=O)O)c(c2)C(CC)c2ccc(C(=O)O)c(c2)C(CC)c2ccc(C(=O)O)c(c2)C(CC)c2ccc(C(=O)O)c1c2. The van der Waals surface area contributed by atoms with E-state index in [2.05, 4.69) is 0 Å². The highest BCUT2D eigenvalue weighted by molar-refractivity contribution is 5.93. The molecule has 8 nitrogen and oxygen atoms in total. The Morgan fingerprint density at radius 3 is 0.729 bits per heavy atom. The number of aromatic carboxylic acids is 4. The van der Waals surface area contributed by atoms with Crippen molar-refractivity contribution >= 4 is 23.9 Å². The van der Waals surface area contributed by atoms with Crippen molar-refractivity contribution in [2.75, 3.05) is 0 Å². The van der Waals surface area contributed by atoms with Gasteiger partial charge < -0.3 is 20.4 Å². The highest BCUT2D eigenvalue weighted by atomic mass is 16.4. The van der Waals surface area contributed by atoms with Crippen molar-refractivity contribution in [2.45, 2.75) is 77.0 Å². The summed E-state index contributed by atoms with van der Waals surface area (Å²) in [6, 6.07) is 20.7. The Bertz CT molecular complexity index is 1640. The summed E-state index contributed by atoms with van der Waals surface area (Å²) in [5.74, 6) is -5.96. The average Bonchev–Trinajstić information content (AvgIpc) is 3.06. The smallest absolute Gasteiger partial charge is 0.335 e. The maximum atomic E-state index is 12.6. The van der Waals surface area contributed by atoms with Crippen LogP contribution in [0.5, 0.6) is 0 Å². The van der Waals surface area contributed by atoms with Crippen LogP contribution in [0.3, 0.4) is 0 Å². The lowest BCUT2D eigenvalue weighted by Crippen LogP contribution is -2.16. The number of carboxylic acid groups (broad SMARTS) is 4. The Labute approximate surface area is 279 Å². The molecule has 48 heavy (non-hydrogen) atoms. The van der Waals surface area contributed by atoms with Crippen LogP contribution in [-0.4, -0.2) is 44.3 Å². The molecule has 0 heterocycles. The number of rotatable bonds is 8. The van der Waals surface area contributed by atoms with Gasteiger partial charge in [-0.05, 0) is 94.5 Å². The van der Waals surface area contributed by atoms with Crippen LogP contribution < -0.4 is 0 Å². The summed E-state index contributed by atoms with van der Waals surface area (Å²) in [5.41, 5.74) is 5.85. The minimum absolute atomic E-state index is 0.129. The lowest BCUT2D eigenvalue weighted by atomic mass is 9.76. The zero-order chi connectivity index (χ0) is 34.9. The molecule has 1 aliphatic carbocycles. The lowest BCUT2D eigenvalue weighted by Gasteiger charge is -2.27. The third-order valence-corrected chi connectivity index (χ3v) is 9.97. The first-order valence-electron chi connectivity index (χ1n) is 16.4. The van der Waals surface area contributed by atoms with Crippen molar-refractivity contribution < 1.29 is 39.6 Å². The third-order valence-electron chi connectivity index (χ3n) is 9.97. The molecule has 4 atom stereocenters. The summed E-state index contributed by atoms with van der Waals surface area (Å²) in [5, 5.41) is 41.1. The van der Waals surface area contributed by atoms with Gasteiger partial charge in [-0.15, -0.1) is 0 Å². The fourth-order valence-corrected chi connectivity index (χ4v) is 7.66. The van der Waals surface area contributed by atoms with E-state index in [-0.39, 0.29) is 22.3 Å². The van der Waals surface area contributed by atoms with Gasteiger partial charge in [-0.25, -0.2) is 19.2 Å². The Hall–Kier alpha value is -5.24.